The number of carbonyl (C=O) groups is 2. The molecule has 26 heavy (non-hydrogen) atoms. The van der Waals surface area contributed by atoms with E-state index in [1.54, 1.807) is 0 Å². The second kappa shape index (κ2) is 8.15. The fourth-order valence-electron chi connectivity index (χ4n) is 3.45. The summed E-state index contributed by atoms with van der Waals surface area (Å²) < 4.78 is 5.72. The van der Waals surface area contributed by atoms with Gasteiger partial charge in [-0.3, -0.25) is 4.79 Å². The Hall–Kier alpha value is -2.66. The monoisotopic (exact) mass is 353 g/mol. The van der Waals surface area contributed by atoms with E-state index in [2.05, 4.69) is 0 Å². The molecule has 1 atom stereocenters. The van der Waals surface area contributed by atoms with Gasteiger partial charge >= 0.3 is 5.97 Å². The molecular formula is C21H23NO4. The van der Waals surface area contributed by atoms with Crippen molar-refractivity contribution in [1.29, 1.82) is 0 Å². The molecule has 1 aliphatic heterocycles. The molecule has 3 rings (SSSR count). The molecule has 1 amide bonds. The minimum Gasteiger partial charge on any atom is -0.479 e. The van der Waals surface area contributed by atoms with Gasteiger partial charge in [-0.05, 0) is 24.0 Å². The van der Waals surface area contributed by atoms with E-state index in [1.807, 2.05) is 60.7 Å². The van der Waals surface area contributed by atoms with Crippen molar-refractivity contribution in [1.82, 2.24) is 4.90 Å². The standard InChI is InChI=1S/C21H23NO4/c23-19(14-17-8-3-1-4-9-17)22-13-7-12-21(22,20(24)25)16-26-15-18-10-5-2-6-11-18/h1-6,8-11H,7,12-16H2,(H,24,25)/t21-/m1/s1. The normalized spacial score (nSPS) is 19.5. The van der Waals surface area contributed by atoms with Crippen LogP contribution in [0.5, 0.6) is 0 Å². The number of carboxylic acids is 1. The lowest BCUT2D eigenvalue weighted by Gasteiger charge is -2.34. The highest BCUT2D eigenvalue weighted by atomic mass is 16.5. The molecule has 0 aromatic heterocycles. The number of ether oxygens (including phenoxy) is 1. The summed E-state index contributed by atoms with van der Waals surface area (Å²) in [5.41, 5.74) is 0.586. The maximum atomic E-state index is 12.8. The number of nitrogens with zero attached hydrogens (tertiary/aromatic N) is 1. The summed E-state index contributed by atoms with van der Waals surface area (Å²) in [7, 11) is 0. The van der Waals surface area contributed by atoms with Gasteiger partial charge in [0.2, 0.25) is 5.91 Å². The van der Waals surface area contributed by atoms with Gasteiger partial charge < -0.3 is 14.7 Å². The molecule has 5 heteroatoms. The minimum absolute atomic E-state index is 0.00222. The zero-order valence-corrected chi connectivity index (χ0v) is 14.6. The van der Waals surface area contributed by atoms with Crippen LogP contribution in [0, 0.1) is 0 Å². The number of amides is 1. The van der Waals surface area contributed by atoms with Gasteiger partial charge in [0, 0.05) is 6.54 Å². The molecule has 2 aromatic carbocycles. The van der Waals surface area contributed by atoms with Crippen LogP contribution in [-0.4, -0.2) is 40.6 Å². The Morgan fingerprint density at radius 2 is 1.62 bits per heavy atom. The van der Waals surface area contributed by atoms with Crippen LogP contribution in [0.2, 0.25) is 0 Å². The maximum absolute atomic E-state index is 12.8. The lowest BCUT2D eigenvalue weighted by molar-refractivity contribution is -0.161. The molecule has 1 N–H and O–H groups in total. The van der Waals surface area contributed by atoms with Crippen molar-refractivity contribution in [3.05, 3.63) is 71.8 Å². The molecule has 2 aromatic rings. The average molecular weight is 353 g/mol. The van der Waals surface area contributed by atoms with Crippen LogP contribution >= 0.6 is 0 Å². The predicted molar refractivity (Wildman–Crippen MR) is 97.6 cm³/mol. The Morgan fingerprint density at radius 1 is 1.00 bits per heavy atom. The Kier molecular flexibility index (Phi) is 5.68. The number of carboxylic acid groups (broad SMARTS) is 1. The first-order chi connectivity index (χ1) is 12.6. The second-order valence-electron chi connectivity index (χ2n) is 6.63. The quantitative estimate of drug-likeness (QED) is 0.831. The molecule has 0 spiro atoms. The molecule has 1 fully saturated rings. The second-order valence-corrected chi connectivity index (χ2v) is 6.63. The molecule has 0 radical (unpaired) electrons. The Bertz CT molecular complexity index is 747. The number of rotatable bonds is 7. The van der Waals surface area contributed by atoms with E-state index in [0.717, 1.165) is 11.1 Å². The third-order valence-electron chi connectivity index (χ3n) is 4.84. The minimum atomic E-state index is -1.28. The molecule has 0 bridgehead atoms. The Balaban J connectivity index is 1.69. The summed E-state index contributed by atoms with van der Waals surface area (Å²) in [5.74, 6) is -1.16. The van der Waals surface area contributed by atoms with Crippen molar-refractivity contribution in [2.75, 3.05) is 13.2 Å². The van der Waals surface area contributed by atoms with Gasteiger partial charge in [0.05, 0.1) is 19.6 Å². The van der Waals surface area contributed by atoms with E-state index >= 15 is 0 Å². The number of likely N-dealkylation sites (tertiary alicyclic amines) is 1. The zero-order chi connectivity index (χ0) is 18.4. The fourth-order valence-corrected chi connectivity index (χ4v) is 3.45. The lowest BCUT2D eigenvalue weighted by atomic mass is 9.96. The Labute approximate surface area is 153 Å². The van der Waals surface area contributed by atoms with E-state index in [4.69, 9.17) is 4.74 Å². The smallest absolute Gasteiger partial charge is 0.332 e. The van der Waals surface area contributed by atoms with E-state index < -0.39 is 11.5 Å². The predicted octanol–water partition coefficient (Wildman–Crippen LogP) is 2.89. The van der Waals surface area contributed by atoms with Crippen molar-refractivity contribution in [3.8, 4) is 0 Å². The van der Waals surface area contributed by atoms with Gasteiger partial charge in [0.15, 0.2) is 5.54 Å². The summed E-state index contributed by atoms with van der Waals surface area (Å²) in [6.45, 7) is 0.779. The van der Waals surface area contributed by atoms with Gasteiger partial charge in [-0.2, -0.15) is 0 Å². The van der Waals surface area contributed by atoms with Crippen LogP contribution in [0.15, 0.2) is 60.7 Å². The summed E-state index contributed by atoms with van der Waals surface area (Å²) in [6.07, 6.45) is 1.29. The van der Waals surface area contributed by atoms with Crippen molar-refractivity contribution < 1.29 is 19.4 Å². The zero-order valence-electron chi connectivity index (χ0n) is 14.6. The molecule has 1 saturated heterocycles. The highest BCUT2D eigenvalue weighted by Crippen LogP contribution is 2.31. The number of aliphatic carboxylic acids is 1. The van der Waals surface area contributed by atoms with Crippen LogP contribution in [-0.2, 0) is 27.4 Å². The molecule has 5 nitrogen and oxygen atoms in total. The first-order valence-corrected chi connectivity index (χ1v) is 8.81. The Morgan fingerprint density at radius 3 is 2.23 bits per heavy atom. The van der Waals surface area contributed by atoms with Crippen molar-refractivity contribution in [2.24, 2.45) is 0 Å². The maximum Gasteiger partial charge on any atom is 0.332 e. The molecule has 136 valence electrons. The highest BCUT2D eigenvalue weighted by Gasteiger charge is 2.50. The van der Waals surface area contributed by atoms with Crippen LogP contribution in [0.4, 0.5) is 0 Å². The first kappa shape index (κ1) is 18.1. The van der Waals surface area contributed by atoms with E-state index in [9.17, 15) is 14.7 Å². The van der Waals surface area contributed by atoms with Gasteiger partial charge in [0.1, 0.15) is 0 Å². The van der Waals surface area contributed by atoms with Crippen LogP contribution in [0.25, 0.3) is 0 Å². The summed E-state index contributed by atoms with van der Waals surface area (Å²) in [5, 5.41) is 9.87. The van der Waals surface area contributed by atoms with Crippen LogP contribution in [0.3, 0.4) is 0 Å². The molecule has 0 unspecified atom stereocenters. The lowest BCUT2D eigenvalue weighted by Crippen LogP contribution is -2.56. The number of benzene rings is 2. The van der Waals surface area contributed by atoms with E-state index in [1.165, 1.54) is 4.90 Å². The van der Waals surface area contributed by atoms with Crippen LogP contribution in [0.1, 0.15) is 24.0 Å². The van der Waals surface area contributed by atoms with Crippen molar-refractivity contribution >= 4 is 11.9 Å². The molecule has 0 saturated carbocycles. The third kappa shape index (κ3) is 3.94. The third-order valence-corrected chi connectivity index (χ3v) is 4.84. The molecular weight excluding hydrogens is 330 g/mol. The summed E-state index contributed by atoms with van der Waals surface area (Å²) in [4.78, 5) is 26.3. The van der Waals surface area contributed by atoms with E-state index in [0.29, 0.717) is 26.0 Å². The summed E-state index contributed by atoms with van der Waals surface area (Å²) in [6, 6.07) is 19.0. The largest absolute Gasteiger partial charge is 0.479 e. The fraction of sp³-hybridized carbons (Fsp3) is 0.333. The molecule has 1 aliphatic rings. The SMILES string of the molecule is O=C(Cc1ccccc1)N1CCC[C@@]1(COCc1ccccc1)C(=O)O. The topological polar surface area (TPSA) is 66.8 Å². The van der Waals surface area contributed by atoms with Crippen LogP contribution < -0.4 is 0 Å². The number of carbonyl (C=O) groups excluding carboxylic acids is 1. The molecule has 1 heterocycles. The van der Waals surface area contributed by atoms with Crippen molar-refractivity contribution in [2.45, 2.75) is 31.4 Å². The first-order valence-electron chi connectivity index (χ1n) is 8.81. The summed E-state index contributed by atoms with van der Waals surface area (Å²) >= 11 is 0. The number of hydrogen-bond donors (Lipinski definition) is 1. The van der Waals surface area contributed by atoms with Crippen molar-refractivity contribution in [3.63, 3.8) is 0 Å². The number of hydrogen-bond acceptors (Lipinski definition) is 3. The van der Waals surface area contributed by atoms with Gasteiger partial charge in [-0.25, -0.2) is 4.79 Å². The van der Waals surface area contributed by atoms with Gasteiger partial charge in [0.25, 0.3) is 0 Å². The van der Waals surface area contributed by atoms with Gasteiger partial charge in [-0.15, -0.1) is 0 Å². The molecule has 0 aliphatic carbocycles. The highest BCUT2D eigenvalue weighted by molar-refractivity contribution is 5.89. The van der Waals surface area contributed by atoms with E-state index in [-0.39, 0.29) is 18.9 Å². The van der Waals surface area contributed by atoms with Gasteiger partial charge in [-0.1, -0.05) is 60.7 Å². The average Bonchev–Trinajstić information content (AvgIpc) is 3.09.